The van der Waals surface area contributed by atoms with Gasteiger partial charge in [0.1, 0.15) is 24.1 Å². The van der Waals surface area contributed by atoms with Crippen molar-refractivity contribution in [3.8, 4) is 16.9 Å². The van der Waals surface area contributed by atoms with Crippen molar-refractivity contribution in [3.05, 3.63) is 77.1 Å². The van der Waals surface area contributed by atoms with Crippen LogP contribution in [0.5, 0.6) is 5.75 Å². The number of unbranched alkanes of at least 4 members (excludes halogenated alkanes) is 1. The second kappa shape index (κ2) is 17.1. The van der Waals surface area contributed by atoms with Crippen molar-refractivity contribution in [2.75, 3.05) is 25.5 Å². The standard InChI is InChI=1S/C35H44ClN3O8S/c36-28-10-9-24(48-16-4-3-14-38-34(45)39-29(19-40)32(43)33(44)30(42)20-41)17-22(28)21-46-35(12-13-35)27-18-37-15-11-25(27)26-5-1-2-6-31(26)47-23-7-8-23/h1-2,5-6,9-11,15,17-18,23,29-30,32-33,40-44H,3-4,7-8,12-14,16,19-21H2,(H2,38,39,45)/t29-,30+,32+,33+/m0/s1. The number of aromatic nitrogens is 1. The third-order valence-corrected chi connectivity index (χ3v) is 9.96. The number of nitrogens with one attached hydrogen (secondary N) is 2. The smallest absolute Gasteiger partial charge is 0.315 e. The first-order valence-electron chi connectivity index (χ1n) is 16.3. The summed E-state index contributed by atoms with van der Waals surface area (Å²) in [5, 5.41) is 53.5. The normalized spacial score (nSPS) is 17.6. The van der Waals surface area contributed by atoms with E-state index in [1.54, 1.807) is 11.8 Å². The summed E-state index contributed by atoms with van der Waals surface area (Å²) in [5.41, 5.74) is 3.65. The van der Waals surface area contributed by atoms with E-state index in [-0.39, 0.29) is 0 Å². The molecule has 1 aromatic heterocycles. The van der Waals surface area contributed by atoms with Gasteiger partial charge in [-0.05, 0) is 85.7 Å². The van der Waals surface area contributed by atoms with Crippen LogP contribution in [-0.4, -0.2) is 92.5 Å². The van der Waals surface area contributed by atoms with Crippen molar-refractivity contribution in [2.24, 2.45) is 0 Å². The molecule has 48 heavy (non-hydrogen) atoms. The minimum Gasteiger partial charge on any atom is -0.490 e. The predicted molar refractivity (Wildman–Crippen MR) is 183 cm³/mol. The highest BCUT2D eigenvalue weighted by molar-refractivity contribution is 7.99. The molecule has 3 aromatic rings. The van der Waals surface area contributed by atoms with Gasteiger partial charge >= 0.3 is 6.03 Å². The SMILES string of the molecule is O=C(NCCCCSc1ccc(Cl)c(COC2(c3cnccc3-c3ccccc3OC3CC3)CC2)c1)N[C@@H](CO)[C@@H](O)[C@H](O)[C@H](O)CO. The van der Waals surface area contributed by atoms with Crippen LogP contribution in [0.3, 0.4) is 0 Å². The van der Waals surface area contributed by atoms with E-state index in [9.17, 15) is 25.2 Å². The molecule has 0 saturated heterocycles. The number of thioether (sulfide) groups is 1. The number of carbonyl (C=O) groups is 1. The summed E-state index contributed by atoms with van der Waals surface area (Å²) < 4.78 is 12.8. The summed E-state index contributed by atoms with van der Waals surface area (Å²) in [6.07, 6.45) is 4.49. The molecule has 7 N–H and O–H groups in total. The molecule has 2 amide bonds. The van der Waals surface area contributed by atoms with Crippen molar-refractivity contribution in [3.63, 3.8) is 0 Å². The van der Waals surface area contributed by atoms with Crippen molar-refractivity contribution < 1.29 is 39.8 Å². The van der Waals surface area contributed by atoms with E-state index in [0.717, 1.165) is 70.8 Å². The van der Waals surface area contributed by atoms with Crippen molar-refractivity contribution >= 4 is 29.4 Å². The summed E-state index contributed by atoms with van der Waals surface area (Å²) in [6.45, 7) is -0.714. The number of urea groups is 1. The third-order valence-electron chi connectivity index (χ3n) is 8.51. The van der Waals surface area contributed by atoms with Crippen LogP contribution in [0, 0.1) is 0 Å². The Bertz CT molecular complexity index is 1510. The number of hydrogen-bond acceptors (Lipinski definition) is 10. The van der Waals surface area contributed by atoms with E-state index in [2.05, 4.69) is 27.8 Å². The molecular formula is C35H44ClN3O8S. The van der Waals surface area contributed by atoms with Crippen LogP contribution in [-0.2, 0) is 16.9 Å². The monoisotopic (exact) mass is 701 g/mol. The minimum absolute atomic E-state index is 0.293. The first kappa shape index (κ1) is 36.3. The Kier molecular flexibility index (Phi) is 13.0. The Morgan fingerprint density at radius 2 is 1.81 bits per heavy atom. The fraction of sp³-hybridized carbons (Fsp3) is 0.486. The molecule has 0 bridgehead atoms. The summed E-state index contributed by atoms with van der Waals surface area (Å²) in [7, 11) is 0. The van der Waals surface area contributed by atoms with Gasteiger partial charge in [0.25, 0.3) is 0 Å². The Morgan fingerprint density at radius 3 is 2.54 bits per heavy atom. The molecule has 13 heteroatoms. The molecule has 11 nitrogen and oxygen atoms in total. The summed E-state index contributed by atoms with van der Waals surface area (Å²) in [4.78, 5) is 17.7. The number of pyridine rings is 1. The Morgan fingerprint density at radius 1 is 1.02 bits per heavy atom. The lowest BCUT2D eigenvalue weighted by Gasteiger charge is -2.28. The molecule has 2 fully saturated rings. The molecular weight excluding hydrogens is 658 g/mol. The van der Waals surface area contributed by atoms with Gasteiger partial charge in [-0.2, -0.15) is 0 Å². The molecule has 0 aliphatic heterocycles. The second-order valence-corrected chi connectivity index (χ2v) is 13.8. The molecule has 2 aliphatic rings. The number of nitrogens with zero attached hydrogens (tertiary/aromatic N) is 1. The number of rotatable bonds is 19. The predicted octanol–water partition coefficient (Wildman–Crippen LogP) is 3.76. The Balaban J connectivity index is 1.09. The van der Waals surface area contributed by atoms with Gasteiger partial charge in [-0.15, -0.1) is 11.8 Å². The highest BCUT2D eigenvalue weighted by atomic mass is 35.5. The van der Waals surface area contributed by atoms with Gasteiger partial charge in [0.15, 0.2) is 0 Å². The van der Waals surface area contributed by atoms with Crippen LogP contribution in [0.2, 0.25) is 5.02 Å². The van der Waals surface area contributed by atoms with Gasteiger partial charge in [0.2, 0.25) is 0 Å². The molecule has 5 rings (SSSR count). The number of hydrogen-bond donors (Lipinski definition) is 7. The molecule has 0 unspecified atom stereocenters. The zero-order valence-corrected chi connectivity index (χ0v) is 28.2. The summed E-state index contributed by atoms with van der Waals surface area (Å²) in [5.74, 6) is 1.69. The van der Waals surface area contributed by atoms with Crippen LogP contribution in [0.1, 0.15) is 49.7 Å². The Labute approximate surface area is 289 Å². The molecule has 0 radical (unpaired) electrons. The van der Waals surface area contributed by atoms with Crippen molar-refractivity contribution in [1.82, 2.24) is 15.6 Å². The largest absolute Gasteiger partial charge is 0.490 e. The fourth-order valence-electron chi connectivity index (χ4n) is 5.37. The highest BCUT2D eigenvalue weighted by Crippen LogP contribution is 2.53. The van der Waals surface area contributed by atoms with E-state index in [4.69, 9.17) is 26.2 Å². The average Bonchev–Trinajstić information content (AvgIpc) is 4.05. The van der Waals surface area contributed by atoms with Gasteiger partial charge in [0.05, 0.1) is 37.6 Å². The van der Waals surface area contributed by atoms with E-state index in [1.807, 2.05) is 48.8 Å². The van der Waals surface area contributed by atoms with Gasteiger partial charge in [-0.25, -0.2) is 4.79 Å². The summed E-state index contributed by atoms with van der Waals surface area (Å²) in [6, 6.07) is 14.3. The maximum absolute atomic E-state index is 12.2. The van der Waals surface area contributed by atoms with Gasteiger partial charge in [0, 0.05) is 40.0 Å². The van der Waals surface area contributed by atoms with Crippen LogP contribution in [0.25, 0.3) is 11.1 Å². The molecule has 4 atom stereocenters. The van der Waals surface area contributed by atoms with Crippen LogP contribution < -0.4 is 15.4 Å². The van der Waals surface area contributed by atoms with E-state index in [0.29, 0.717) is 30.7 Å². The van der Waals surface area contributed by atoms with E-state index in [1.165, 1.54) is 0 Å². The van der Waals surface area contributed by atoms with Crippen LogP contribution in [0.4, 0.5) is 4.79 Å². The van der Waals surface area contributed by atoms with Gasteiger partial charge in [-0.1, -0.05) is 29.8 Å². The number of carbonyl (C=O) groups excluding carboxylic acids is 1. The van der Waals surface area contributed by atoms with E-state index < -0.39 is 49.2 Å². The number of aliphatic hydroxyl groups is 5. The minimum atomic E-state index is -1.73. The maximum atomic E-state index is 12.2. The molecule has 0 spiro atoms. The molecule has 2 saturated carbocycles. The number of benzene rings is 2. The summed E-state index contributed by atoms with van der Waals surface area (Å²) >= 11 is 8.28. The van der Waals surface area contributed by atoms with Crippen LogP contribution >= 0.6 is 23.4 Å². The zero-order chi connectivity index (χ0) is 34.1. The number of amides is 2. The molecule has 2 aliphatic carbocycles. The lowest BCUT2D eigenvalue weighted by atomic mass is 9.96. The number of aliphatic hydroxyl groups excluding tert-OH is 5. The Hall–Kier alpha value is -2.94. The molecule has 2 aromatic carbocycles. The van der Waals surface area contributed by atoms with Crippen molar-refractivity contribution in [1.29, 1.82) is 0 Å². The lowest BCUT2D eigenvalue weighted by Crippen LogP contribution is -2.56. The van der Waals surface area contributed by atoms with E-state index >= 15 is 0 Å². The average molecular weight is 702 g/mol. The first-order valence-corrected chi connectivity index (χ1v) is 17.7. The van der Waals surface area contributed by atoms with Gasteiger partial charge in [-0.3, -0.25) is 4.98 Å². The molecule has 1 heterocycles. The lowest BCUT2D eigenvalue weighted by molar-refractivity contribution is -0.0902. The second-order valence-electron chi connectivity index (χ2n) is 12.2. The fourth-order valence-corrected chi connectivity index (χ4v) is 6.52. The molecule has 260 valence electrons. The zero-order valence-electron chi connectivity index (χ0n) is 26.6. The van der Waals surface area contributed by atoms with Crippen molar-refractivity contribution in [2.45, 2.75) is 86.1 Å². The number of halogens is 1. The third kappa shape index (κ3) is 9.60. The van der Waals surface area contributed by atoms with Crippen LogP contribution in [0.15, 0.2) is 65.8 Å². The number of para-hydroxylation sites is 1. The van der Waals surface area contributed by atoms with Gasteiger partial charge < -0.3 is 45.6 Å². The first-order chi connectivity index (χ1) is 23.2. The quantitative estimate of drug-likeness (QED) is 0.0721. The maximum Gasteiger partial charge on any atom is 0.315 e. The highest BCUT2D eigenvalue weighted by Gasteiger charge is 2.48. The number of ether oxygens (including phenoxy) is 2. The topological polar surface area (TPSA) is 174 Å².